The van der Waals surface area contributed by atoms with Gasteiger partial charge in [-0.1, -0.05) is 17.7 Å². The Labute approximate surface area is 135 Å². The number of aromatic nitrogens is 2. The van der Waals surface area contributed by atoms with Crippen LogP contribution in [0.1, 0.15) is 17.7 Å². The first-order valence-electron chi connectivity index (χ1n) is 7.33. The smallest absolute Gasteiger partial charge is 0.179 e. The van der Waals surface area contributed by atoms with Crippen LogP contribution in [0.3, 0.4) is 0 Å². The minimum Gasteiger partial charge on any atom is -0.493 e. The molecule has 0 N–H and O–H groups in total. The molecule has 1 aromatic heterocycles. The molecule has 2 heterocycles. The molecule has 0 fully saturated rings. The Morgan fingerprint density at radius 3 is 2.86 bits per heavy atom. The van der Waals surface area contributed by atoms with Gasteiger partial charge in [-0.25, -0.2) is 4.98 Å². The number of hydrogen-bond acceptors (Lipinski definition) is 4. The van der Waals surface area contributed by atoms with E-state index in [0.717, 1.165) is 38.2 Å². The molecule has 0 atom stereocenters. The lowest BCUT2D eigenvalue weighted by Gasteiger charge is -2.21. The fourth-order valence-corrected chi connectivity index (χ4v) is 3.18. The Bertz CT molecular complexity index is 657. The van der Waals surface area contributed by atoms with Gasteiger partial charge in [0.15, 0.2) is 11.5 Å². The van der Waals surface area contributed by atoms with E-state index in [-0.39, 0.29) is 0 Å². The Morgan fingerprint density at radius 2 is 2.09 bits per heavy atom. The van der Waals surface area contributed by atoms with Gasteiger partial charge in [-0.05, 0) is 18.1 Å². The number of nitrogens with zero attached hydrogens (tertiary/aromatic N) is 3. The quantitative estimate of drug-likeness (QED) is 0.868. The van der Waals surface area contributed by atoms with Crippen LogP contribution in [0.5, 0.6) is 11.5 Å². The summed E-state index contributed by atoms with van der Waals surface area (Å²) in [7, 11) is 3.22. The third kappa shape index (κ3) is 2.91. The van der Waals surface area contributed by atoms with Gasteiger partial charge < -0.3 is 14.0 Å². The Kier molecular flexibility index (Phi) is 4.55. The molecule has 5 nitrogen and oxygen atoms in total. The van der Waals surface area contributed by atoms with E-state index < -0.39 is 0 Å². The third-order valence-corrected chi connectivity index (χ3v) is 4.43. The zero-order valence-corrected chi connectivity index (χ0v) is 13.6. The number of imidazole rings is 1. The first-order chi connectivity index (χ1) is 10.7. The van der Waals surface area contributed by atoms with Gasteiger partial charge in [-0.2, -0.15) is 0 Å². The van der Waals surface area contributed by atoms with Crippen LogP contribution in [-0.4, -0.2) is 35.2 Å². The lowest BCUT2D eigenvalue weighted by Crippen LogP contribution is -2.23. The number of hydrogen-bond donors (Lipinski definition) is 0. The lowest BCUT2D eigenvalue weighted by molar-refractivity contribution is 0.260. The van der Waals surface area contributed by atoms with Crippen LogP contribution in [0, 0.1) is 0 Å². The van der Waals surface area contributed by atoms with E-state index in [4.69, 9.17) is 21.1 Å². The second-order valence-electron chi connectivity index (χ2n) is 5.42. The monoisotopic (exact) mass is 321 g/mol. The van der Waals surface area contributed by atoms with E-state index in [1.54, 1.807) is 14.2 Å². The van der Waals surface area contributed by atoms with Crippen LogP contribution >= 0.6 is 11.6 Å². The molecule has 0 aliphatic carbocycles. The summed E-state index contributed by atoms with van der Waals surface area (Å²) in [5, 5.41) is 0.625. The van der Waals surface area contributed by atoms with Gasteiger partial charge in [0.1, 0.15) is 0 Å². The molecule has 0 radical (unpaired) electrons. The van der Waals surface area contributed by atoms with Crippen molar-refractivity contribution in [3.8, 4) is 11.5 Å². The molecule has 1 aliphatic rings. The van der Waals surface area contributed by atoms with Crippen LogP contribution < -0.4 is 9.47 Å². The standard InChI is InChI=1S/C16H20ClN3O2/c1-21-14-5-4-12(15(17)16(14)22-2)9-19-6-3-7-20-11-18-8-13(20)10-19/h4-5,8,11H,3,6-7,9-10H2,1-2H3. The SMILES string of the molecule is COc1ccc(CN2CCCn3cncc3C2)c(Cl)c1OC. The van der Waals surface area contributed by atoms with Gasteiger partial charge in [-0.15, -0.1) is 0 Å². The highest BCUT2D eigenvalue weighted by Gasteiger charge is 2.18. The summed E-state index contributed by atoms with van der Waals surface area (Å²) >= 11 is 6.48. The maximum Gasteiger partial charge on any atom is 0.179 e. The van der Waals surface area contributed by atoms with Gasteiger partial charge in [0, 0.05) is 32.4 Å². The highest BCUT2D eigenvalue weighted by atomic mass is 35.5. The predicted octanol–water partition coefficient (Wildman–Crippen LogP) is 2.96. The number of aryl methyl sites for hydroxylation is 1. The Balaban J connectivity index is 1.81. The molecule has 0 spiro atoms. The van der Waals surface area contributed by atoms with Gasteiger partial charge in [-0.3, -0.25) is 4.90 Å². The van der Waals surface area contributed by atoms with E-state index in [0.29, 0.717) is 16.5 Å². The molecule has 0 bridgehead atoms. The maximum atomic E-state index is 6.48. The van der Waals surface area contributed by atoms with E-state index >= 15 is 0 Å². The molecule has 22 heavy (non-hydrogen) atoms. The van der Waals surface area contributed by atoms with Crippen LogP contribution in [0.25, 0.3) is 0 Å². The van der Waals surface area contributed by atoms with Crippen molar-refractivity contribution >= 4 is 11.6 Å². The molecule has 0 unspecified atom stereocenters. The van der Waals surface area contributed by atoms with Gasteiger partial charge in [0.05, 0.1) is 31.3 Å². The molecule has 118 valence electrons. The van der Waals surface area contributed by atoms with Crippen molar-refractivity contribution in [2.45, 2.75) is 26.1 Å². The maximum absolute atomic E-state index is 6.48. The summed E-state index contributed by atoms with van der Waals surface area (Å²) in [5.41, 5.74) is 2.29. The summed E-state index contributed by atoms with van der Waals surface area (Å²) in [6.07, 6.45) is 4.95. The average molecular weight is 322 g/mol. The van der Waals surface area contributed by atoms with Crippen LogP contribution in [0.4, 0.5) is 0 Å². The van der Waals surface area contributed by atoms with Gasteiger partial charge in [0.2, 0.25) is 0 Å². The number of fused-ring (bicyclic) bond motifs is 1. The highest BCUT2D eigenvalue weighted by molar-refractivity contribution is 6.33. The van der Waals surface area contributed by atoms with Crippen molar-refractivity contribution in [1.82, 2.24) is 14.5 Å². The van der Waals surface area contributed by atoms with E-state index in [1.165, 1.54) is 5.69 Å². The van der Waals surface area contributed by atoms with Crippen LogP contribution in [-0.2, 0) is 19.6 Å². The molecular weight excluding hydrogens is 302 g/mol. The van der Waals surface area contributed by atoms with Crippen molar-refractivity contribution in [1.29, 1.82) is 0 Å². The second kappa shape index (κ2) is 6.58. The molecule has 1 aliphatic heterocycles. The Morgan fingerprint density at radius 1 is 1.23 bits per heavy atom. The highest BCUT2D eigenvalue weighted by Crippen LogP contribution is 2.37. The summed E-state index contributed by atoms with van der Waals surface area (Å²) in [6.45, 7) is 3.72. The molecule has 1 aromatic carbocycles. The van der Waals surface area contributed by atoms with E-state index in [2.05, 4.69) is 14.5 Å². The summed E-state index contributed by atoms with van der Waals surface area (Å²) < 4.78 is 12.9. The molecule has 2 aromatic rings. The van der Waals surface area contributed by atoms with E-state index in [1.807, 2.05) is 24.7 Å². The van der Waals surface area contributed by atoms with Crippen molar-refractivity contribution in [2.75, 3.05) is 20.8 Å². The second-order valence-corrected chi connectivity index (χ2v) is 5.79. The molecule has 0 saturated heterocycles. The van der Waals surface area contributed by atoms with Crippen molar-refractivity contribution < 1.29 is 9.47 Å². The minimum atomic E-state index is 0.599. The summed E-state index contributed by atoms with van der Waals surface area (Å²) in [4.78, 5) is 6.61. The van der Waals surface area contributed by atoms with Crippen LogP contribution in [0.15, 0.2) is 24.7 Å². The van der Waals surface area contributed by atoms with Crippen molar-refractivity contribution in [2.24, 2.45) is 0 Å². The normalized spacial score (nSPS) is 15.2. The largest absolute Gasteiger partial charge is 0.493 e. The van der Waals surface area contributed by atoms with Crippen molar-refractivity contribution in [3.05, 3.63) is 40.9 Å². The van der Waals surface area contributed by atoms with Gasteiger partial charge >= 0.3 is 0 Å². The zero-order valence-electron chi connectivity index (χ0n) is 12.9. The minimum absolute atomic E-state index is 0.599. The molecule has 0 amide bonds. The van der Waals surface area contributed by atoms with Gasteiger partial charge in [0.25, 0.3) is 0 Å². The molecule has 6 heteroatoms. The third-order valence-electron chi connectivity index (χ3n) is 4.02. The summed E-state index contributed by atoms with van der Waals surface area (Å²) in [5.74, 6) is 1.26. The van der Waals surface area contributed by atoms with Crippen molar-refractivity contribution in [3.63, 3.8) is 0 Å². The topological polar surface area (TPSA) is 39.5 Å². The molecule has 3 rings (SSSR count). The zero-order chi connectivity index (χ0) is 15.5. The number of halogens is 1. The first-order valence-corrected chi connectivity index (χ1v) is 7.71. The number of ether oxygens (including phenoxy) is 2. The predicted molar refractivity (Wildman–Crippen MR) is 85.5 cm³/mol. The Hall–Kier alpha value is -1.72. The number of rotatable bonds is 4. The number of benzene rings is 1. The fourth-order valence-electron chi connectivity index (χ4n) is 2.88. The fraction of sp³-hybridized carbons (Fsp3) is 0.438. The van der Waals surface area contributed by atoms with E-state index in [9.17, 15) is 0 Å². The number of methoxy groups -OCH3 is 2. The summed E-state index contributed by atoms with van der Waals surface area (Å²) in [6, 6.07) is 3.91. The first kappa shape index (κ1) is 15.2. The molecular formula is C16H20ClN3O2. The average Bonchev–Trinajstić information content (AvgIpc) is 2.87. The lowest BCUT2D eigenvalue weighted by atomic mass is 10.1. The van der Waals surface area contributed by atoms with Crippen LogP contribution in [0.2, 0.25) is 5.02 Å². The molecule has 0 saturated carbocycles.